The molecule has 0 aliphatic heterocycles. The van der Waals surface area contributed by atoms with Crippen LogP contribution >= 0.6 is 0 Å². The van der Waals surface area contributed by atoms with Crippen LogP contribution in [0.15, 0.2) is 18.3 Å². The Labute approximate surface area is 97.5 Å². The zero-order chi connectivity index (χ0) is 12.2. The Bertz CT molecular complexity index is 388. The Morgan fingerprint density at radius 1 is 1.50 bits per heavy atom. The number of nitrogens with zero attached hydrogens (tertiary/aromatic N) is 2. The SMILES string of the molecule is CC(C)C(C)(C)CNc1cc(C#N)ccn1. The Morgan fingerprint density at radius 2 is 2.19 bits per heavy atom. The molecule has 0 radical (unpaired) electrons. The fourth-order valence-electron chi connectivity index (χ4n) is 1.12. The molecule has 0 saturated carbocycles. The van der Waals surface area contributed by atoms with Crippen LogP contribution in [0.5, 0.6) is 0 Å². The second-order valence-electron chi connectivity index (χ2n) is 5.04. The van der Waals surface area contributed by atoms with Crippen molar-refractivity contribution in [3.05, 3.63) is 23.9 Å². The van der Waals surface area contributed by atoms with Gasteiger partial charge in [0, 0.05) is 12.7 Å². The number of pyridine rings is 1. The molecule has 0 aromatic carbocycles. The van der Waals surface area contributed by atoms with Gasteiger partial charge in [0.05, 0.1) is 11.6 Å². The van der Waals surface area contributed by atoms with E-state index in [4.69, 9.17) is 5.26 Å². The molecular formula is C13H19N3. The van der Waals surface area contributed by atoms with Gasteiger partial charge in [-0.2, -0.15) is 5.26 Å². The highest BCUT2D eigenvalue weighted by Gasteiger charge is 2.21. The third-order valence-electron chi connectivity index (χ3n) is 3.18. The Balaban J connectivity index is 2.65. The van der Waals surface area contributed by atoms with Gasteiger partial charge in [0.15, 0.2) is 0 Å². The molecule has 0 spiro atoms. The van der Waals surface area contributed by atoms with Gasteiger partial charge in [-0.15, -0.1) is 0 Å². The quantitative estimate of drug-likeness (QED) is 0.843. The number of rotatable bonds is 4. The Hall–Kier alpha value is -1.56. The smallest absolute Gasteiger partial charge is 0.127 e. The first-order valence-corrected chi connectivity index (χ1v) is 5.56. The van der Waals surface area contributed by atoms with Crippen molar-refractivity contribution in [2.75, 3.05) is 11.9 Å². The zero-order valence-corrected chi connectivity index (χ0v) is 10.4. The van der Waals surface area contributed by atoms with E-state index < -0.39 is 0 Å². The van der Waals surface area contributed by atoms with Crippen LogP contribution in [0, 0.1) is 22.7 Å². The third-order valence-corrected chi connectivity index (χ3v) is 3.18. The van der Waals surface area contributed by atoms with Crippen LogP contribution in [0.3, 0.4) is 0 Å². The maximum absolute atomic E-state index is 8.77. The van der Waals surface area contributed by atoms with Crippen LogP contribution in [0.25, 0.3) is 0 Å². The molecule has 0 atom stereocenters. The van der Waals surface area contributed by atoms with Crippen molar-refractivity contribution in [2.24, 2.45) is 11.3 Å². The Morgan fingerprint density at radius 3 is 2.75 bits per heavy atom. The number of hydrogen-bond donors (Lipinski definition) is 1. The molecule has 0 aliphatic rings. The van der Waals surface area contributed by atoms with E-state index in [0.29, 0.717) is 11.5 Å². The normalized spacial score (nSPS) is 11.2. The molecule has 3 nitrogen and oxygen atoms in total. The van der Waals surface area contributed by atoms with Crippen LogP contribution < -0.4 is 5.32 Å². The van der Waals surface area contributed by atoms with E-state index >= 15 is 0 Å². The summed E-state index contributed by atoms with van der Waals surface area (Å²) in [6.45, 7) is 9.71. The van der Waals surface area contributed by atoms with Gasteiger partial charge in [-0.05, 0) is 23.5 Å². The summed E-state index contributed by atoms with van der Waals surface area (Å²) >= 11 is 0. The van der Waals surface area contributed by atoms with E-state index in [1.165, 1.54) is 0 Å². The van der Waals surface area contributed by atoms with E-state index in [9.17, 15) is 0 Å². The number of hydrogen-bond acceptors (Lipinski definition) is 3. The molecule has 0 aliphatic carbocycles. The molecule has 86 valence electrons. The predicted octanol–water partition coefficient (Wildman–Crippen LogP) is 3.05. The monoisotopic (exact) mass is 217 g/mol. The summed E-state index contributed by atoms with van der Waals surface area (Å²) in [5.74, 6) is 1.37. The molecule has 16 heavy (non-hydrogen) atoms. The second kappa shape index (κ2) is 4.98. The van der Waals surface area contributed by atoms with Gasteiger partial charge < -0.3 is 5.32 Å². The third kappa shape index (κ3) is 3.23. The zero-order valence-electron chi connectivity index (χ0n) is 10.4. The summed E-state index contributed by atoms with van der Waals surface area (Å²) < 4.78 is 0. The highest BCUT2D eigenvalue weighted by atomic mass is 15.0. The van der Waals surface area contributed by atoms with E-state index in [0.717, 1.165) is 12.4 Å². The average Bonchev–Trinajstić information content (AvgIpc) is 2.26. The standard InChI is InChI=1S/C13H19N3/c1-10(2)13(3,4)9-16-12-7-11(8-14)5-6-15-12/h5-7,10H,9H2,1-4H3,(H,15,16). The van der Waals surface area contributed by atoms with Gasteiger partial charge in [0.1, 0.15) is 5.82 Å². The minimum absolute atomic E-state index is 0.213. The summed E-state index contributed by atoms with van der Waals surface area (Å²) in [6, 6.07) is 5.59. The summed E-state index contributed by atoms with van der Waals surface area (Å²) in [6.07, 6.45) is 1.66. The molecule has 1 rings (SSSR count). The first kappa shape index (κ1) is 12.5. The van der Waals surface area contributed by atoms with Crippen LogP contribution in [-0.2, 0) is 0 Å². The van der Waals surface area contributed by atoms with Crippen molar-refractivity contribution in [2.45, 2.75) is 27.7 Å². The first-order valence-electron chi connectivity index (χ1n) is 5.56. The van der Waals surface area contributed by atoms with Gasteiger partial charge in [-0.3, -0.25) is 0 Å². The highest BCUT2D eigenvalue weighted by molar-refractivity contribution is 5.42. The van der Waals surface area contributed by atoms with Crippen molar-refractivity contribution in [1.82, 2.24) is 4.98 Å². The largest absolute Gasteiger partial charge is 0.369 e. The summed E-state index contributed by atoms with van der Waals surface area (Å²) in [7, 11) is 0. The molecule has 0 unspecified atom stereocenters. The average molecular weight is 217 g/mol. The lowest BCUT2D eigenvalue weighted by Crippen LogP contribution is -2.28. The maximum atomic E-state index is 8.77. The van der Waals surface area contributed by atoms with E-state index in [1.807, 2.05) is 0 Å². The number of nitrogens with one attached hydrogen (secondary N) is 1. The van der Waals surface area contributed by atoms with Crippen LogP contribution in [0.4, 0.5) is 5.82 Å². The molecule has 1 aromatic heterocycles. The lowest BCUT2D eigenvalue weighted by atomic mass is 9.81. The van der Waals surface area contributed by atoms with Crippen molar-refractivity contribution in [3.8, 4) is 6.07 Å². The lowest BCUT2D eigenvalue weighted by molar-refractivity contribution is 0.269. The van der Waals surface area contributed by atoms with E-state index in [1.54, 1.807) is 18.3 Å². The molecule has 1 aromatic rings. The molecule has 1 heterocycles. The van der Waals surface area contributed by atoms with E-state index in [2.05, 4.69) is 44.1 Å². The Kier molecular flexibility index (Phi) is 3.89. The van der Waals surface area contributed by atoms with Gasteiger partial charge in [0.2, 0.25) is 0 Å². The van der Waals surface area contributed by atoms with Gasteiger partial charge >= 0.3 is 0 Å². The molecule has 0 fully saturated rings. The van der Waals surface area contributed by atoms with Crippen LogP contribution in [0.2, 0.25) is 0 Å². The van der Waals surface area contributed by atoms with Crippen LogP contribution in [-0.4, -0.2) is 11.5 Å². The topological polar surface area (TPSA) is 48.7 Å². The molecule has 0 saturated heterocycles. The molecule has 0 bridgehead atoms. The number of anilines is 1. The van der Waals surface area contributed by atoms with Gasteiger partial charge in [-0.25, -0.2) is 4.98 Å². The number of aromatic nitrogens is 1. The minimum Gasteiger partial charge on any atom is -0.369 e. The summed E-state index contributed by atoms with van der Waals surface area (Å²) in [4.78, 5) is 4.19. The molecule has 3 heteroatoms. The summed E-state index contributed by atoms with van der Waals surface area (Å²) in [5, 5.41) is 12.1. The predicted molar refractivity (Wildman–Crippen MR) is 66.1 cm³/mol. The second-order valence-corrected chi connectivity index (χ2v) is 5.04. The van der Waals surface area contributed by atoms with Crippen molar-refractivity contribution >= 4 is 5.82 Å². The lowest BCUT2D eigenvalue weighted by Gasteiger charge is -2.29. The molecular weight excluding hydrogens is 198 g/mol. The van der Waals surface area contributed by atoms with Gasteiger partial charge in [0.25, 0.3) is 0 Å². The first-order chi connectivity index (χ1) is 7.45. The van der Waals surface area contributed by atoms with Crippen molar-refractivity contribution < 1.29 is 0 Å². The minimum atomic E-state index is 0.213. The summed E-state index contributed by atoms with van der Waals surface area (Å²) in [5.41, 5.74) is 0.851. The maximum Gasteiger partial charge on any atom is 0.127 e. The molecule has 1 N–H and O–H groups in total. The van der Waals surface area contributed by atoms with E-state index in [-0.39, 0.29) is 5.41 Å². The van der Waals surface area contributed by atoms with Crippen molar-refractivity contribution in [3.63, 3.8) is 0 Å². The molecule has 0 amide bonds. The van der Waals surface area contributed by atoms with Gasteiger partial charge in [-0.1, -0.05) is 27.7 Å². The fraction of sp³-hybridized carbons (Fsp3) is 0.538. The van der Waals surface area contributed by atoms with Crippen molar-refractivity contribution in [1.29, 1.82) is 5.26 Å². The van der Waals surface area contributed by atoms with Crippen LogP contribution in [0.1, 0.15) is 33.3 Å². The highest BCUT2D eigenvalue weighted by Crippen LogP contribution is 2.26. The fourth-order valence-corrected chi connectivity index (χ4v) is 1.12. The number of nitriles is 1.